The number of urea groups is 1. The number of aliphatic carboxylic acids is 1. The van der Waals surface area contributed by atoms with Crippen molar-refractivity contribution in [3.8, 4) is 5.75 Å². The van der Waals surface area contributed by atoms with Gasteiger partial charge in [-0.3, -0.25) is 4.90 Å². The molecule has 7 heteroatoms. The number of carbonyl (C=O) groups excluding carboxylic acids is 1. The number of benzene rings is 1. The normalized spacial score (nSPS) is 18.1. The highest BCUT2D eigenvalue weighted by atomic mass is 32.2. The maximum atomic E-state index is 12.5. The van der Waals surface area contributed by atoms with Crippen LogP contribution in [0.15, 0.2) is 24.3 Å². The van der Waals surface area contributed by atoms with Gasteiger partial charge in [0.2, 0.25) is 0 Å². The Morgan fingerprint density at radius 1 is 1.50 bits per heavy atom. The molecule has 1 heterocycles. The smallest absolute Gasteiger partial charge is 0.327 e. The van der Waals surface area contributed by atoms with Gasteiger partial charge >= 0.3 is 12.0 Å². The van der Waals surface area contributed by atoms with Gasteiger partial charge in [-0.2, -0.15) is 0 Å². The number of carbonyl (C=O) groups is 2. The summed E-state index contributed by atoms with van der Waals surface area (Å²) in [5.74, 6) is -0.154. The van der Waals surface area contributed by atoms with Crippen LogP contribution < -0.4 is 4.90 Å². The quantitative estimate of drug-likeness (QED) is 0.889. The molecule has 1 atom stereocenters. The maximum absolute atomic E-state index is 12.5. The Morgan fingerprint density at radius 3 is 2.85 bits per heavy atom. The second-order valence-corrected chi connectivity index (χ2v) is 5.37. The van der Waals surface area contributed by atoms with E-state index in [4.69, 9.17) is 5.11 Å². The largest absolute Gasteiger partial charge is 0.508 e. The average molecular weight is 296 g/mol. The third-order valence-electron chi connectivity index (χ3n) is 3.10. The Bertz CT molecular complexity index is 523. The van der Waals surface area contributed by atoms with E-state index in [9.17, 15) is 14.7 Å². The molecular weight excluding hydrogens is 280 g/mol. The second-order valence-electron chi connectivity index (χ2n) is 4.37. The van der Waals surface area contributed by atoms with E-state index in [0.717, 1.165) is 0 Å². The third-order valence-corrected chi connectivity index (χ3v) is 4.11. The van der Waals surface area contributed by atoms with Crippen molar-refractivity contribution in [3.63, 3.8) is 0 Å². The fourth-order valence-corrected chi connectivity index (χ4v) is 3.22. The van der Waals surface area contributed by atoms with E-state index in [0.29, 0.717) is 23.9 Å². The van der Waals surface area contributed by atoms with Gasteiger partial charge in [0.15, 0.2) is 0 Å². The first-order valence-corrected chi connectivity index (χ1v) is 7.37. The number of phenols is 1. The number of rotatable bonds is 3. The summed E-state index contributed by atoms with van der Waals surface area (Å²) in [6, 6.07) is 5.22. The number of nitrogens with zero attached hydrogens (tertiary/aromatic N) is 2. The van der Waals surface area contributed by atoms with Crippen LogP contribution in [0, 0.1) is 0 Å². The molecule has 1 aromatic rings. The van der Waals surface area contributed by atoms with E-state index in [1.54, 1.807) is 19.1 Å². The zero-order chi connectivity index (χ0) is 14.7. The molecular formula is C13H16N2O4S. The van der Waals surface area contributed by atoms with Crippen LogP contribution in [0.2, 0.25) is 0 Å². The van der Waals surface area contributed by atoms with Gasteiger partial charge < -0.3 is 15.1 Å². The average Bonchev–Trinajstić information content (AvgIpc) is 2.89. The van der Waals surface area contributed by atoms with Crippen molar-refractivity contribution in [3.05, 3.63) is 24.3 Å². The van der Waals surface area contributed by atoms with Crippen LogP contribution in [-0.4, -0.2) is 51.3 Å². The van der Waals surface area contributed by atoms with Crippen molar-refractivity contribution in [1.82, 2.24) is 4.90 Å². The lowest BCUT2D eigenvalue weighted by Crippen LogP contribution is -2.48. The second kappa shape index (κ2) is 6.04. The number of carboxylic acid groups (broad SMARTS) is 1. The van der Waals surface area contributed by atoms with Gasteiger partial charge in [0.05, 0.1) is 5.88 Å². The van der Waals surface area contributed by atoms with Gasteiger partial charge in [0.25, 0.3) is 0 Å². The summed E-state index contributed by atoms with van der Waals surface area (Å²) in [4.78, 5) is 26.5. The predicted molar refractivity (Wildman–Crippen MR) is 77.1 cm³/mol. The SMILES string of the molecule is CCN(C(=O)N1CSCC1C(=O)O)c1cccc(O)c1. The molecule has 0 aromatic heterocycles. The fraction of sp³-hybridized carbons (Fsp3) is 0.385. The van der Waals surface area contributed by atoms with Crippen LogP contribution in [0.5, 0.6) is 5.75 Å². The van der Waals surface area contributed by atoms with Gasteiger partial charge in [-0.1, -0.05) is 6.07 Å². The molecule has 2 N–H and O–H groups in total. The van der Waals surface area contributed by atoms with E-state index in [1.165, 1.54) is 33.7 Å². The van der Waals surface area contributed by atoms with Crippen LogP contribution >= 0.6 is 11.8 Å². The minimum atomic E-state index is -0.990. The molecule has 1 aliphatic heterocycles. The van der Waals surface area contributed by atoms with Crippen LogP contribution in [0.25, 0.3) is 0 Å². The number of thioether (sulfide) groups is 1. The Kier molecular flexibility index (Phi) is 4.39. The lowest BCUT2D eigenvalue weighted by atomic mass is 10.2. The standard InChI is InChI=1S/C13H16N2O4S/c1-2-14(9-4-3-5-10(16)6-9)13(19)15-8-20-7-11(15)12(17)18/h3-6,11,16H,2,7-8H2,1H3,(H,17,18). The molecule has 0 spiro atoms. The van der Waals surface area contributed by atoms with Gasteiger partial charge in [0.1, 0.15) is 11.8 Å². The summed E-state index contributed by atoms with van der Waals surface area (Å²) in [6.45, 7) is 2.21. The minimum Gasteiger partial charge on any atom is -0.508 e. The first-order chi connectivity index (χ1) is 9.54. The van der Waals surface area contributed by atoms with Crippen LogP contribution in [0.4, 0.5) is 10.5 Å². The highest BCUT2D eigenvalue weighted by Crippen LogP contribution is 2.26. The molecule has 2 rings (SSSR count). The molecule has 0 bridgehead atoms. The molecule has 1 saturated heterocycles. The van der Waals surface area contributed by atoms with Crippen molar-refractivity contribution in [1.29, 1.82) is 0 Å². The summed E-state index contributed by atoms with van der Waals surface area (Å²) in [7, 11) is 0. The van der Waals surface area contributed by atoms with E-state index >= 15 is 0 Å². The Morgan fingerprint density at radius 2 is 2.25 bits per heavy atom. The Hall–Kier alpha value is -1.89. The van der Waals surface area contributed by atoms with Gasteiger partial charge in [-0.15, -0.1) is 11.8 Å². The van der Waals surface area contributed by atoms with E-state index < -0.39 is 12.0 Å². The molecule has 0 radical (unpaired) electrons. The molecule has 2 amide bonds. The zero-order valence-corrected chi connectivity index (χ0v) is 11.8. The molecule has 1 aromatic carbocycles. The number of hydrogen-bond donors (Lipinski definition) is 2. The zero-order valence-electron chi connectivity index (χ0n) is 11.0. The summed E-state index contributed by atoms with van der Waals surface area (Å²) in [5.41, 5.74) is 0.554. The van der Waals surface area contributed by atoms with Crippen molar-refractivity contribution < 1.29 is 19.8 Å². The van der Waals surface area contributed by atoms with E-state index in [1.807, 2.05) is 0 Å². The number of phenolic OH excluding ortho intramolecular Hbond substituents is 1. The van der Waals surface area contributed by atoms with Crippen LogP contribution in [-0.2, 0) is 4.79 Å². The molecule has 6 nitrogen and oxygen atoms in total. The lowest BCUT2D eigenvalue weighted by molar-refractivity contribution is -0.140. The number of amides is 2. The van der Waals surface area contributed by atoms with Crippen LogP contribution in [0.3, 0.4) is 0 Å². The summed E-state index contributed by atoms with van der Waals surface area (Å²) in [6.07, 6.45) is 0. The van der Waals surface area contributed by atoms with Crippen LogP contribution in [0.1, 0.15) is 6.92 Å². The maximum Gasteiger partial charge on any atom is 0.327 e. The predicted octanol–water partition coefficient (Wildman–Crippen LogP) is 1.80. The molecule has 108 valence electrons. The molecule has 1 fully saturated rings. The summed E-state index contributed by atoms with van der Waals surface area (Å²) in [5, 5.41) is 18.6. The van der Waals surface area contributed by atoms with E-state index in [2.05, 4.69) is 0 Å². The van der Waals surface area contributed by atoms with Gasteiger partial charge in [-0.05, 0) is 19.1 Å². The van der Waals surface area contributed by atoms with Crippen molar-refractivity contribution in [2.45, 2.75) is 13.0 Å². The molecule has 0 saturated carbocycles. The highest BCUT2D eigenvalue weighted by Gasteiger charge is 2.36. The number of carboxylic acids is 1. The van der Waals surface area contributed by atoms with Crippen molar-refractivity contribution in [2.24, 2.45) is 0 Å². The fourth-order valence-electron chi connectivity index (χ4n) is 2.08. The highest BCUT2D eigenvalue weighted by molar-refractivity contribution is 7.99. The van der Waals surface area contributed by atoms with Gasteiger partial charge in [0, 0.05) is 24.1 Å². The summed E-state index contributed by atoms with van der Waals surface area (Å²) < 4.78 is 0. The third kappa shape index (κ3) is 2.82. The first kappa shape index (κ1) is 14.5. The summed E-state index contributed by atoms with van der Waals surface area (Å²) >= 11 is 1.42. The Balaban J connectivity index is 2.23. The number of hydrogen-bond acceptors (Lipinski definition) is 4. The molecule has 20 heavy (non-hydrogen) atoms. The monoisotopic (exact) mass is 296 g/mol. The number of aromatic hydroxyl groups is 1. The topological polar surface area (TPSA) is 81.1 Å². The lowest BCUT2D eigenvalue weighted by Gasteiger charge is -2.29. The van der Waals surface area contributed by atoms with E-state index in [-0.39, 0.29) is 11.8 Å². The first-order valence-electron chi connectivity index (χ1n) is 6.22. The van der Waals surface area contributed by atoms with Crippen molar-refractivity contribution >= 4 is 29.4 Å². The molecule has 1 unspecified atom stereocenters. The molecule has 0 aliphatic carbocycles. The molecule has 1 aliphatic rings. The number of anilines is 1. The van der Waals surface area contributed by atoms with Gasteiger partial charge in [-0.25, -0.2) is 9.59 Å². The Labute approximate surface area is 121 Å². The van der Waals surface area contributed by atoms with Crippen molar-refractivity contribution in [2.75, 3.05) is 23.1 Å². The minimum absolute atomic E-state index is 0.0688.